The molecule has 2 unspecified atom stereocenters. The first-order valence-electron chi connectivity index (χ1n) is 5.65. The van der Waals surface area contributed by atoms with Gasteiger partial charge in [0.15, 0.2) is 0 Å². The van der Waals surface area contributed by atoms with Gasteiger partial charge >= 0.3 is 6.18 Å². The largest absolute Gasteiger partial charge is 0.389 e. The number of hydrogen-bond acceptors (Lipinski definition) is 2. The van der Waals surface area contributed by atoms with Crippen molar-refractivity contribution in [1.29, 1.82) is 0 Å². The van der Waals surface area contributed by atoms with E-state index < -0.39 is 34.8 Å². The monoisotopic (exact) mass is 307 g/mol. The van der Waals surface area contributed by atoms with E-state index in [0.717, 1.165) is 0 Å². The van der Waals surface area contributed by atoms with Gasteiger partial charge in [0, 0.05) is 17.8 Å². The van der Waals surface area contributed by atoms with Crippen molar-refractivity contribution in [3.8, 4) is 0 Å². The van der Waals surface area contributed by atoms with Crippen molar-refractivity contribution in [2.24, 2.45) is 5.41 Å². The number of sulfonamides is 1. The summed E-state index contributed by atoms with van der Waals surface area (Å²) in [6, 6.07) is -0.295. The zero-order chi connectivity index (χ0) is 14.2. The maximum Gasteiger partial charge on any atom is 0.389 e. The van der Waals surface area contributed by atoms with Crippen LogP contribution in [0.25, 0.3) is 0 Å². The van der Waals surface area contributed by atoms with Crippen molar-refractivity contribution in [2.45, 2.75) is 50.7 Å². The van der Waals surface area contributed by atoms with Crippen LogP contribution in [0.4, 0.5) is 13.2 Å². The zero-order valence-electron chi connectivity index (χ0n) is 10.2. The summed E-state index contributed by atoms with van der Waals surface area (Å²) < 4.78 is 61.3. The van der Waals surface area contributed by atoms with Crippen LogP contribution < -0.4 is 4.72 Å². The number of alkyl halides is 4. The molecule has 0 saturated heterocycles. The predicted octanol–water partition coefficient (Wildman–Crippen LogP) is 2.65. The van der Waals surface area contributed by atoms with E-state index in [2.05, 4.69) is 4.72 Å². The van der Waals surface area contributed by atoms with E-state index in [0.29, 0.717) is 6.42 Å². The van der Waals surface area contributed by atoms with Crippen LogP contribution >= 0.6 is 11.6 Å². The van der Waals surface area contributed by atoms with Gasteiger partial charge in [0.25, 0.3) is 0 Å². The number of hydrogen-bond donors (Lipinski definition) is 1. The molecule has 1 aliphatic carbocycles. The molecule has 0 amide bonds. The Kier molecular flexibility index (Phi) is 4.61. The summed E-state index contributed by atoms with van der Waals surface area (Å²) in [5.41, 5.74) is -0.362. The first-order valence-corrected chi connectivity index (χ1v) is 7.74. The molecule has 0 radical (unpaired) electrons. The summed E-state index contributed by atoms with van der Waals surface area (Å²) in [7, 11) is -3.67. The lowest BCUT2D eigenvalue weighted by molar-refractivity contribution is -0.134. The predicted molar refractivity (Wildman–Crippen MR) is 64.0 cm³/mol. The fourth-order valence-corrected chi connectivity index (χ4v) is 3.62. The van der Waals surface area contributed by atoms with Gasteiger partial charge in [-0.25, -0.2) is 13.1 Å². The van der Waals surface area contributed by atoms with Crippen molar-refractivity contribution in [3.63, 3.8) is 0 Å². The Labute approximate surface area is 110 Å². The van der Waals surface area contributed by atoms with Crippen LogP contribution in [0.1, 0.15) is 33.1 Å². The van der Waals surface area contributed by atoms with Crippen LogP contribution in [-0.4, -0.2) is 31.8 Å². The molecule has 1 N–H and O–H groups in total. The van der Waals surface area contributed by atoms with Gasteiger partial charge in [-0.3, -0.25) is 0 Å². The third-order valence-electron chi connectivity index (χ3n) is 3.34. The zero-order valence-corrected chi connectivity index (χ0v) is 11.8. The summed E-state index contributed by atoms with van der Waals surface area (Å²) in [5.74, 6) is -0.508. The van der Waals surface area contributed by atoms with E-state index in [9.17, 15) is 21.6 Å². The molecule has 0 aromatic rings. The molecule has 0 aromatic carbocycles. The van der Waals surface area contributed by atoms with Crippen LogP contribution in [0, 0.1) is 5.41 Å². The van der Waals surface area contributed by atoms with Gasteiger partial charge in [-0.15, -0.1) is 11.6 Å². The molecule has 1 fully saturated rings. The molecule has 18 heavy (non-hydrogen) atoms. The average Bonchev–Trinajstić information content (AvgIpc) is 2.14. The van der Waals surface area contributed by atoms with Gasteiger partial charge in [0.1, 0.15) is 0 Å². The average molecular weight is 308 g/mol. The maximum atomic E-state index is 11.9. The molecule has 0 heterocycles. The van der Waals surface area contributed by atoms with Crippen LogP contribution in [0.5, 0.6) is 0 Å². The summed E-state index contributed by atoms with van der Waals surface area (Å²) in [4.78, 5) is 0. The second-order valence-corrected chi connectivity index (χ2v) is 7.63. The molecule has 2 atom stereocenters. The first-order chi connectivity index (χ1) is 7.94. The molecule has 0 bridgehead atoms. The number of rotatable bonds is 5. The van der Waals surface area contributed by atoms with Crippen molar-refractivity contribution in [3.05, 3.63) is 0 Å². The molecule has 1 aliphatic rings. The Morgan fingerprint density at radius 1 is 1.39 bits per heavy atom. The van der Waals surface area contributed by atoms with E-state index in [1.165, 1.54) is 0 Å². The highest BCUT2D eigenvalue weighted by molar-refractivity contribution is 7.89. The topological polar surface area (TPSA) is 46.2 Å². The van der Waals surface area contributed by atoms with Crippen molar-refractivity contribution >= 4 is 21.6 Å². The van der Waals surface area contributed by atoms with Gasteiger partial charge in [-0.2, -0.15) is 13.2 Å². The van der Waals surface area contributed by atoms with Crippen molar-refractivity contribution in [1.82, 2.24) is 4.72 Å². The fraction of sp³-hybridized carbons (Fsp3) is 1.00. The third-order valence-corrected chi connectivity index (χ3v) is 5.55. The minimum absolute atomic E-state index is 0.111. The van der Waals surface area contributed by atoms with Gasteiger partial charge in [0.05, 0.1) is 5.75 Å². The lowest BCUT2D eigenvalue weighted by Crippen LogP contribution is -2.59. The molecule has 0 spiro atoms. The highest BCUT2D eigenvalue weighted by Crippen LogP contribution is 2.44. The Morgan fingerprint density at radius 3 is 2.33 bits per heavy atom. The first kappa shape index (κ1) is 16.0. The van der Waals surface area contributed by atoms with E-state index >= 15 is 0 Å². The van der Waals surface area contributed by atoms with Crippen LogP contribution in [0.2, 0.25) is 0 Å². The Morgan fingerprint density at radius 2 is 1.94 bits per heavy atom. The molecule has 1 rings (SSSR count). The van der Waals surface area contributed by atoms with E-state index in [4.69, 9.17) is 11.6 Å². The number of halogens is 4. The SMILES string of the molecule is CC1(C)C(Cl)CC1NS(=O)(=O)CCCC(F)(F)F. The Hall–Kier alpha value is -0.0100. The number of nitrogens with one attached hydrogen (secondary N) is 1. The molecule has 108 valence electrons. The van der Waals surface area contributed by atoms with Gasteiger partial charge in [0.2, 0.25) is 10.0 Å². The smallest absolute Gasteiger partial charge is 0.212 e. The summed E-state index contributed by atoms with van der Waals surface area (Å²) in [5, 5.41) is -0.111. The molecular weight excluding hydrogens is 291 g/mol. The third kappa shape index (κ3) is 4.28. The minimum atomic E-state index is -4.31. The molecule has 8 heteroatoms. The standard InChI is InChI=1S/C10H17ClF3NO2S/c1-9(2)7(11)6-8(9)15-18(16,17)5-3-4-10(12,13)14/h7-8,15H,3-6H2,1-2H3. The van der Waals surface area contributed by atoms with E-state index in [-0.39, 0.29) is 16.8 Å². The van der Waals surface area contributed by atoms with Crippen LogP contribution in [0.15, 0.2) is 0 Å². The van der Waals surface area contributed by atoms with Gasteiger partial charge < -0.3 is 0 Å². The van der Waals surface area contributed by atoms with Crippen molar-refractivity contribution < 1.29 is 21.6 Å². The summed E-state index contributed by atoms with van der Waals surface area (Å²) in [6.45, 7) is 3.66. The lowest BCUT2D eigenvalue weighted by atomic mass is 9.67. The van der Waals surface area contributed by atoms with Crippen LogP contribution in [-0.2, 0) is 10.0 Å². The normalized spacial score (nSPS) is 27.9. The fourth-order valence-electron chi connectivity index (χ4n) is 1.81. The van der Waals surface area contributed by atoms with Gasteiger partial charge in [-0.05, 0) is 18.3 Å². The maximum absolute atomic E-state index is 11.9. The van der Waals surface area contributed by atoms with Crippen molar-refractivity contribution in [2.75, 3.05) is 5.75 Å². The Bertz CT molecular complexity index is 394. The molecule has 3 nitrogen and oxygen atoms in total. The van der Waals surface area contributed by atoms with Gasteiger partial charge in [-0.1, -0.05) is 13.8 Å². The summed E-state index contributed by atoms with van der Waals surface area (Å²) in [6.07, 6.45) is -5.31. The highest BCUT2D eigenvalue weighted by atomic mass is 35.5. The van der Waals surface area contributed by atoms with E-state index in [1.54, 1.807) is 0 Å². The molecule has 0 aromatic heterocycles. The quantitative estimate of drug-likeness (QED) is 0.794. The second-order valence-electron chi connectivity index (χ2n) is 5.23. The van der Waals surface area contributed by atoms with E-state index in [1.807, 2.05) is 13.8 Å². The second kappa shape index (κ2) is 5.17. The van der Waals surface area contributed by atoms with Crippen LogP contribution in [0.3, 0.4) is 0 Å². The minimum Gasteiger partial charge on any atom is -0.212 e. The molecule has 0 aliphatic heterocycles. The Balaban J connectivity index is 2.42. The highest BCUT2D eigenvalue weighted by Gasteiger charge is 2.48. The summed E-state index contributed by atoms with van der Waals surface area (Å²) >= 11 is 5.94. The lowest BCUT2D eigenvalue weighted by Gasteiger charge is -2.49. The molecular formula is C10H17ClF3NO2S. The molecule has 1 saturated carbocycles.